The molecule has 4 aromatic heterocycles. The van der Waals surface area contributed by atoms with Gasteiger partial charge in [-0.3, -0.25) is 0 Å². The number of hydrogen-bond acceptors (Lipinski definition) is 8. The van der Waals surface area contributed by atoms with E-state index in [1.165, 1.54) is 17.4 Å². The molecule has 1 saturated heterocycles. The molecule has 0 bridgehead atoms. The third-order valence-electron chi connectivity index (χ3n) is 7.29. The molecule has 1 aliphatic heterocycles. The van der Waals surface area contributed by atoms with E-state index in [0.717, 1.165) is 33.9 Å². The van der Waals surface area contributed by atoms with Crippen molar-refractivity contribution in [2.24, 2.45) is 0 Å². The highest BCUT2D eigenvalue weighted by Gasteiger charge is 2.24. The van der Waals surface area contributed by atoms with Gasteiger partial charge in [0.15, 0.2) is 0 Å². The summed E-state index contributed by atoms with van der Waals surface area (Å²) in [4.78, 5) is 30.2. The van der Waals surface area contributed by atoms with Crippen LogP contribution in [-0.4, -0.2) is 48.3 Å². The molecule has 7 rings (SSSR count). The van der Waals surface area contributed by atoms with Crippen molar-refractivity contribution in [1.82, 2.24) is 24.5 Å². The molecule has 1 aliphatic rings. The van der Waals surface area contributed by atoms with Crippen molar-refractivity contribution in [3.8, 4) is 17.1 Å². The monoisotopic (exact) mass is 599 g/mol. The fraction of sp³-hybridized carbons (Fsp3) is 0.194. The number of thiazole rings is 1. The maximum Gasteiger partial charge on any atom is 0.335 e. The number of carboxylic acids is 1. The second-order valence-electron chi connectivity index (χ2n) is 10.1. The second-order valence-corrected chi connectivity index (χ2v) is 11.2. The van der Waals surface area contributed by atoms with Crippen LogP contribution in [0.4, 0.5) is 8.78 Å². The molecule has 1 unspecified atom stereocenters. The molecule has 43 heavy (non-hydrogen) atoms. The fourth-order valence-corrected chi connectivity index (χ4v) is 5.84. The van der Waals surface area contributed by atoms with Crippen molar-refractivity contribution in [2.45, 2.75) is 32.1 Å². The van der Waals surface area contributed by atoms with Crippen LogP contribution in [0.1, 0.15) is 33.2 Å². The number of fused-ring (bicyclic) bond motifs is 2. The Morgan fingerprint density at radius 2 is 1.93 bits per heavy atom. The average molecular weight is 600 g/mol. The molecular formula is C31H23F2N5O4S. The Labute approximate surface area is 247 Å². The molecule has 0 radical (unpaired) electrons. The number of carboxylic acid groups (broad SMARTS) is 1. The van der Waals surface area contributed by atoms with E-state index in [2.05, 4.69) is 19.9 Å². The number of aromatic carboxylic acids is 1. The van der Waals surface area contributed by atoms with E-state index < -0.39 is 17.6 Å². The molecule has 216 valence electrons. The molecule has 1 fully saturated rings. The van der Waals surface area contributed by atoms with Crippen molar-refractivity contribution in [3.05, 3.63) is 100 Å². The van der Waals surface area contributed by atoms with E-state index in [9.17, 15) is 9.90 Å². The number of rotatable bonds is 9. The van der Waals surface area contributed by atoms with E-state index in [-0.39, 0.29) is 47.4 Å². The van der Waals surface area contributed by atoms with E-state index in [0.29, 0.717) is 30.0 Å². The largest absolute Gasteiger partial charge is 0.478 e. The average Bonchev–Trinajstić information content (AvgIpc) is 3.55. The first-order valence-corrected chi connectivity index (χ1v) is 14.4. The van der Waals surface area contributed by atoms with Crippen molar-refractivity contribution in [2.75, 3.05) is 6.61 Å². The zero-order chi connectivity index (χ0) is 29.5. The topological polar surface area (TPSA) is 112 Å². The minimum Gasteiger partial charge on any atom is -0.478 e. The van der Waals surface area contributed by atoms with Crippen LogP contribution >= 0.6 is 11.3 Å². The number of imidazole rings is 1. The van der Waals surface area contributed by atoms with Gasteiger partial charge < -0.3 is 19.1 Å². The summed E-state index contributed by atoms with van der Waals surface area (Å²) in [6.45, 7) is 1.24. The van der Waals surface area contributed by atoms with Gasteiger partial charge in [0.2, 0.25) is 5.88 Å². The van der Waals surface area contributed by atoms with Crippen LogP contribution in [0.3, 0.4) is 0 Å². The molecule has 1 N–H and O–H groups in total. The predicted molar refractivity (Wildman–Crippen MR) is 155 cm³/mol. The number of carbonyl (C=O) groups is 1. The van der Waals surface area contributed by atoms with Gasteiger partial charge in [0, 0.05) is 30.9 Å². The second kappa shape index (κ2) is 11.1. The van der Waals surface area contributed by atoms with Gasteiger partial charge in [-0.1, -0.05) is 17.4 Å². The first-order valence-electron chi connectivity index (χ1n) is 13.5. The van der Waals surface area contributed by atoms with Crippen LogP contribution in [0, 0.1) is 11.6 Å². The highest BCUT2D eigenvalue weighted by Crippen LogP contribution is 2.29. The molecule has 5 heterocycles. The maximum absolute atomic E-state index is 15.5. The zero-order valence-electron chi connectivity index (χ0n) is 22.5. The molecule has 0 spiro atoms. The Morgan fingerprint density at radius 3 is 2.72 bits per heavy atom. The van der Waals surface area contributed by atoms with E-state index >= 15 is 8.78 Å². The number of nitrogens with zero attached hydrogens (tertiary/aromatic N) is 5. The molecule has 2 aromatic carbocycles. The summed E-state index contributed by atoms with van der Waals surface area (Å²) in [6, 6.07) is 15.5. The number of ether oxygens (including phenoxy) is 2. The molecule has 0 aliphatic carbocycles. The Balaban J connectivity index is 1.15. The van der Waals surface area contributed by atoms with Crippen LogP contribution in [-0.2, 0) is 24.3 Å². The lowest BCUT2D eigenvalue weighted by Crippen LogP contribution is -2.31. The predicted octanol–water partition coefficient (Wildman–Crippen LogP) is 6.04. The smallest absolute Gasteiger partial charge is 0.335 e. The highest BCUT2D eigenvalue weighted by atomic mass is 32.1. The van der Waals surface area contributed by atoms with E-state index in [1.54, 1.807) is 36.5 Å². The molecule has 1 atom stereocenters. The standard InChI is InChI=1S/C31H23F2N5O4S/c32-21-14-20(23-3-1-5-28(36-23)42-16-29-37-25-4-2-9-34-30(25)43-29)22(33)11-18(21)13-27-35-24-7-6-17(31(39)40)12-26(24)38(27)15-19-8-10-41-19/h1-7,9,11-12,14,19H,8,10,13,15-16H2,(H,39,40). The minimum atomic E-state index is -1.06. The summed E-state index contributed by atoms with van der Waals surface area (Å²) in [5.74, 6) is -1.58. The molecule has 0 saturated carbocycles. The Bertz CT molecular complexity index is 1970. The molecular weight excluding hydrogens is 576 g/mol. The summed E-state index contributed by atoms with van der Waals surface area (Å²) in [6.07, 6.45) is 2.50. The number of hydrogen-bond donors (Lipinski definition) is 1. The van der Waals surface area contributed by atoms with Crippen LogP contribution < -0.4 is 4.74 Å². The quantitative estimate of drug-likeness (QED) is 0.214. The van der Waals surface area contributed by atoms with Crippen molar-refractivity contribution in [3.63, 3.8) is 0 Å². The summed E-state index contributed by atoms with van der Waals surface area (Å²) >= 11 is 1.41. The minimum absolute atomic E-state index is 0.000438. The van der Waals surface area contributed by atoms with Gasteiger partial charge >= 0.3 is 5.97 Å². The number of aromatic nitrogens is 5. The Morgan fingerprint density at radius 1 is 1.05 bits per heavy atom. The van der Waals surface area contributed by atoms with Gasteiger partial charge in [-0.15, -0.1) is 0 Å². The maximum atomic E-state index is 15.5. The third-order valence-corrected chi connectivity index (χ3v) is 8.24. The molecule has 12 heteroatoms. The van der Waals surface area contributed by atoms with Crippen LogP contribution in [0.15, 0.2) is 66.9 Å². The van der Waals surface area contributed by atoms with Gasteiger partial charge in [-0.2, -0.15) is 0 Å². The van der Waals surface area contributed by atoms with E-state index in [1.807, 2.05) is 16.7 Å². The summed E-state index contributed by atoms with van der Waals surface area (Å²) in [5.41, 5.74) is 2.41. The Hall–Kier alpha value is -4.81. The summed E-state index contributed by atoms with van der Waals surface area (Å²) in [7, 11) is 0. The van der Waals surface area contributed by atoms with Crippen molar-refractivity contribution < 1.29 is 28.2 Å². The molecule has 9 nitrogen and oxygen atoms in total. The first-order chi connectivity index (χ1) is 20.9. The highest BCUT2D eigenvalue weighted by molar-refractivity contribution is 7.18. The summed E-state index contributed by atoms with van der Waals surface area (Å²) < 4.78 is 44.2. The summed E-state index contributed by atoms with van der Waals surface area (Å²) in [5, 5.41) is 10.2. The van der Waals surface area contributed by atoms with Gasteiger partial charge in [0.05, 0.1) is 34.9 Å². The SMILES string of the molecule is O=C(O)c1ccc2nc(Cc3cc(F)c(-c4cccc(OCc5nc6cccnc6s5)n4)cc3F)n(CC3CCO3)c2c1. The molecule has 0 amide bonds. The van der Waals surface area contributed by atoms with Crippen LogP contribution in [0.25, 0.3) is 32.6 Å². The van der Waals surface area contributed by atoms with Crippen molar-refractivity contribution >= 4 is 38.7 Å². The van der Waals surface area contributed by atoms with E-state index in [4.69, 9.17) is 9.47 Å². The Kier molecular flexibility index (Phi) is 6.99. The number of pyridine rings is 2. The normalized spacial score (nSPS) is 14.7. The lowest BCUT2D eigenvalue weighted by Gasteiger charge is -2.27. The fourth-order valence-electron chi connectivity index (χ4n) is 5.02. The lowest BCUT2D eigenvalue weighted by atomic mass is 10.0. The zero-order valence-corrected chi connectivity index (χ0v) is 23.4. The van der Waals surface area contributed by atoms with Gasteiger partial charge in [0.25, 0.3) is 0 Å². The van der Waals surface area contributed by atoms with Gasteiger partial charge in [0.1, 0.15) is 39.4 Å². The molecule has 6 aromatic rings. The number of benzene rings is 2. The third kappa shape index (κ3) is 5.42. The first kappa shape index (κ1) is 27.0. The number of halogens is 2. The van der Waals surface area contributed by atoms with Gasteiger partial charge in [-0.25, -0.2) is 33.5 Å². The lowest BCUT2D eigenvalue weighted by molar-refractivity contribution is -0.0589. The van der Waals surface area contributed by atoms with Crippen LogP contribution in [0.5, 0.6) is 5.88 Å². The van der Waals surface area contributed by atoms with Crippen LogP contribution in [0.2, 0.25) is 0 Å². The van der Waals surface area contributed by atoms with Gasteiger partial charge in [-0.05, 0) is 60.5 Å². The van der Waals surface area contributed by atoms with Crippen molar-refractivity contribution in [1.29, 1.82) is 0 Å².